The SMILES string of the molecule is CC(C)CCC[C@@H](C)[C@H]1CC[C@H]2[C@@H]3CC=C4C[C@@H](O)CC(N)(N)[C@]4(C)[C@H]3CC[C@]12C. The van der Waals surface area contributed by atoms with Crippen molar-refractivity contribution in [2.75, 3.05) is 0 Å². The molecule has 4 rings (SSSR count). The van der Waals surface area contributed by atoms with Crippen LogP contribution in [0.5, 0.6) is 0 Å². The maximum absolute atomic E-state index is 10.4. The van der Waals surface area contributed by atoms with Crippen molar-refractivity contribution in [1.82, 2.24) is 0 Å². The van der Waals surface area contributed by atoms with Gasteiger partial charge in [-0.1, -0.05) is 65.5 Å². The monoisotopic (exact) mass is 416 g/mol. The Labute approximate surface area is 185 Å². The van der Waals surface area contributed by atoms with Crippen LogP contribution in [0, 0.1) is 46.3 Å². The molecule has 0 aliphatic heterocycles. The first-order valence-corrected chi connectivity index (χ1v) is 13.0. The van der Waals surface area contributed by atoms with Gasteiger partial charge in [0.1, 0.15) is 0 Å². The summed E-state index contributed by atoms with van der Waals surface area (Å²) >= 11 is 0. The van der Waals surface area contributed by atoms with Gasteiger partial charge in [0.15, 0.2) is 0 Å². The standard InChI is InChI=1S/C27H48N2O/c1-17(2)7-6-8-18(3)22-11-12-23-21-10-9-19-15-20(30)16-27(28,29)26(19,5)24(21)13-14-25(22,23)4/h9,17-18,20-24,30H,6-8,10-16,28-29H2,1-5H3/t18-,20-,21+,22-,23+,24+,25-,26+/m1/s1. The third-order valence-corrected chi connectivity index (χ3v) is 10.7. The van der Waals surface area contributed by atoms with Crippen LogP contribution in [0.1, 0.15) is 98.8 Å². The van der Waals surface area contributed by atoms with Crippen molar-refractivity contribution in [3.05, 3.63) is 11.6 Å². The zero-order valence-electron chi connectivity index (χ0n) is 20.3. The second-order valence-electron chi connectivity index (χ2n) is 12.7. The van der Waals surface area contributed by atoms with Crippen molar-refractivity contribution < 1.29 is 5.11 Å². The second-order valence-corrected chi connectivity index (χ2v) is 12.7. The van der Waals surface area contributed by atoms with Gasteiger partial charge in [0.25, 0.3) is 0 Å². The Hall–Kier alpha value is -0.380. The molecule has 0 bridgehead atoms. The quantitative estimate of drug-likeness (QED) is 0.403. The molecule has 5 N–H and O–H groups in total. The van der Waals surface area contributed by atoms with E-state index in [9.17, 15) is 5.11 Å². The molecule has 0 amide bonds. The van der Waals surface area contributed by atoms with E-state index in [1.165, 1.54) is 56.9 Å². The molecule has 30 heavy (non-hydrogen) atoms. The Morgan fingerprint density at radius 2 is 1.80 bits per heavy atom. The molecule has 4 aliphatic carbocycles. The summed E-state index contributed by atoms with van der Waals surface area (Å²) in [6.45, 7) is 12.2. The number of aliphatic hydroxyl groups excluding tert-OH is 1. The van der Waals surface area contributed by atoms with Gasteiger partial charge in [-0.05, 0) is 79.4 Å². The third-order valence-electron chi connectivity index (χ3n) is 10.7. The molecular formula is C27H48N2O. The van der Waals surface area contributed by atoms with Crippen LogP contribution >= 0.6 is 0 Å². The summed E-state index contributed by atoms with van der Waals surface area (Å²) in [6.07, 6.45) is 14.1. The van der Waals surface area contributed by atoms with Crippen LogP contribution in [-0.2, 0) is 0 Å². The lowest BCUT2D eigenvalue weighted by Gasteiger charge is -2.62. The van der Waals surface area contributed by atoms with Gasteiger partial charge in [0.2, 0.25) is 0 Å². The van der Waals surface area contributed by atoms with Gasteiger partial charge < -0.3 is 16.6 Å². The molecule has 0 aromatic carbocycles. The number of allylic oxidation sites excluding steroid dienone is 1. The maximum atomic E-state index is 10.4. The average Bonchev–Trinajstić information content (AvgIpc) is 2.99. The van der Waals surface area contributed by atoms with Crippen LogP contribution in [0.25, 0.3) is 0 Å². The smallest absolute Gasteiger partial charge is 0.0757 e. The lowest BCUT2D eigenvalue weighted by Crippen LogP contribution is -2.70. The van der Waals surface area contributed by atoms with Gasteiger partial charge >= 0.3 is 0 Å². The highest BCUT2D eigenvalue weighted by Gasteiger charge is 2.63. The van der Waals surface area contributed by atoms with E-state index in [1.54, 1.807) is 0 Å². The predicted molar refractivity (Wildman–Crippen MR) is 126 cm³/mol. The molecule has 3 fully saturated rings. The minimum absolute atomic E-state index is 0.155. The van der Waals surface area contributed by atoms with E-state index < -0.39 is 5.66 Å². The number of hydrogen-bond acceptors (Lipinski definition) is 3. The third kappa shape index (κ3) is 3.42. The van der Waals surface area contributed by atoms with Crippen LogP contribution < -0.4 is 11.5 Å². The van der Waals surface area contributed by atoms with Gasteiger partial charge in [0, 0.05) is 11.8 Å². The van der Waals surface area contributed by atoms with E-state index in [2.05, 4.69) is 40.7 Å². The van der Waals surface area contributed by atoms with E-state index in [0.29, 0.717) is 23.7 Å². The summed E-state index contributed by atoms with van der Waals surface area (Å²) in [6, 6.07) is 0. The highest BCUT2D eigenvalue weighted by Crippen LogP contribution is 2.67. The largest absolute Gasteiger partial charge is 0.393 e. The van der Waals surface area contributed by atoms with Crippen molar-refractivity contribution in [2.45, 2.75) is 111 Å². The molecule has 0 spiro atoms. The maximum Gasteiger partial charge on any atom is 0.0757 e. The highest BCUT2D eigenvalue weighted by molar-refractivity contribution is 5.31. The lowest BCUT2D eigenvalue weighted by molar-refractivity contribution is -0.0866. The second kappa shape index (κ2) is 7.89. The van der Waals surface area contributed by atoms with Crippen LogP contribution in [0.15, 0.2) is 11.6 Å². The Bertz CT molecular complexity index is 670. The molecule has 172 valence electrons. The van der Waals surface area contributed by atoms with E-state index in [1.807, 2.05) is 0 Å². The Morgan fingerprint density at radius 3 is 2.50 bits per heavy atom. The van der Waals surface area contributed by atoms with Crippen molar-refractivity contribution in [1.29, 1.82) is 0 Å². The first-order chi connectivity index (χ1) is 14.0. The average molecular weight is 417 g/mol. The number of hydrogen-bond donors (Lipinski definition) is 3. The minimum Gasteiger partial charge on any atom is -0.393 e. The Kier molecular flexibility index (Phi) is 5.99. The molecule has 0 radical (unpaired) electrons. The summed E-state index contributed by atoms with van der Waals surface area (Å²) in [5.41, 5.74) is 14.4. The Morgan fingerprint density at radius 1 is 1.07 bits per heavy atom. The summed E-state index contributed by atoms with van der Waals surface area (Å²) in [4.78, 5) is 0. The van der Waals surface area contributed by atoms with Gasteiger partial charge in [-0.3, -0.25) is 0 Å². The fourth-order valence-corrected chi connectivity index (χ4v) is 8.95. The first kappa shape index (κ1) is 22.8. The molecule has 0 aromatic rings. The molecule has 0 heterocycles. The van der Waals surface area contributed by atoms with Gasteiger partial charge in [-0.15, -0.1) is 0 Å². The molecule has 3 saturated carbocycles. The fraction of sp³-hybridized carbons (Fsp3) is 0.926. The van der Waals surface area contributed by atoms with Gasteiger partial charge in [-0.2, -0.15) is 0 Å². The first-order valence-electron chi connectivity index (χ1n) is 13.0. The van der Waals surface area contributed by atoms with Crippen molar-refractivity contribution >= 4 is 0 Å². The molecule has 0 aromatic heterocycles. The summed E-state index contributed by atoms with van der Waals surface area (Å²) in [5, 5.41) is 10.4. The molecule has 3 heteroatoms. The predicted octanol–water partition coefficient (Wildman–Crippen LogP) is 5.61. The number of aliphatic hydroxyl groups is 1. The normalized spacial score (nSPS) is 46.0. The van der Waals surface area contributed by atoms with Gasteiger partial charge in [0.05, 0.1) is 11.8 Å². The lowest BCUT2D eigenvalue weighted by atomic mass is 9.44. The zero-order chi connectivity index (χ0) is 21.9. The molecule has 0 unspecified atom stereocenters. The van der Waals surface area contributed by atoms with Crippen molar-refractivity contribution in [3.8, 4) is 0 Å². The molecule has 0 saturated heterocycles. The van der Waals surface area contributed by atoms with Crippen LogP contribution in [0.2, 0.25) is 0 Å². The number of rotatable bonds is 5. The molecular weight excluding hydrogens is 368 g/mol. The molecule has 4 aliphatic rings. The Balaban J connectivity index is 1.55. The summed E-state index contributed by atoms with van der Waals surface area (Å²) in [7, 11) is 0. The van der Waals surface area contributed by atoms with Crippen molar-refractivity contribution in [3.63, 3.8) is 0 Å². The fourth-order valence-electron chi connectivity index (χ4n) is 8.95. The van der Waals surface area contributed by atoms with Crippen LogP contribution in [-0.4, -0.2) is 16.9 Å². The topological polar surface area (TPSA) is 72.3 Å². The van der Waals surface area contributed by atoms with E-state index in [-0.39, 0.29) is 11.5 Å². The van der Waals surface area contributed by atoms with Crippen molar-refractivity contribution in [2.24, 2.45) is 57.8 Å². The molecule has 3 nitrogen and oxygen atoms in total. The summed E-state index contributed by atoms with van der Waals surface area (Å²) < 4.78 is 0. The number of fused-ring (bicyclic) bond motifs is 5. The summed E-state index contributed by atoms with van der Waals surface area (Å²) in [5.74, 6) is 4.65. The zero-order valence-corrected chi connectivity index (χ0v) is 20.3. The van der Waals surface area contributed by atoms with E-state index in [0.717, 1.165) is 30.1 Å². The van der Waals surface area contributed by atoms with Crippen LogP contribution in [0.3, 0.4) is 0 Å². The molecule has 8 atom stereocenters. The minimum atomic E-state index is -0.796. The van der Waals surface area contributed by atoms with E-state index in [4.69, 9.17) is 11.5 Å². The van der Waals surface area contributed by atoms with Gasteiger partial charge in [-0.25, -0.2) is 0 Å². The number of nitrogens with two attached hydrogens (primary N) is 2. The highest BCUT2D eigenvalue weighted by atomic mass is 16.3. The van der Waals surface area contributed by atoms with E-state index >= 15 is 0 Å². The van der Waals surface area contributed by atoms with Crippen LogP contribution in [0.4, 0.5) is 0 Å².